The highest BCUT2D eigenvalue weighted by atomic mass is 19.1. The number of fused-ring (bicyclic) bond motifs is 1. The lowest BCUT2D eigenvalue weighted by atomic mass is 10.3. The summed E-state index contributed by atoms with van der Waals surface area (Å²) in [5, 5.41) is 0. The largest absolute Gasteiger partial charge is 0.369 e. The molecular weight excluding hydrogens is 243 g/mol. The molecule has 104 valence electrons. The normalized spacial score (nSPS) is 11.6. The van der Waals surface area contributed by atoms with Crippen molar-refractivity contribution < 1.29 is 4.39 Å². The van der Waals surface area contributed by atoms with Crippen molar-refractivity contribution in [2.45, 2.75) is 26.8 Å². The Kier molecular flexibility index (Phi) is 4.37. The Hall–Kier alpha value is -1.62. The Balaban J connectivity index is 2.19. The number of halogens is 1. The molecule has 1 aromatic carbocycles. The zero-order chi connectivity index (χ0) is 13.8. The molecule has 5 heteroatoms. The van der Waals surface area contributed by atoms with Crippen LogP contribution in [0.15, 0.2) is 18.2 Å². The molecule has 0 saturated carbocycles. The van der Waals surface area contributed by atoms with Crippen LogP contribution in [0.3, 0.4) is 0 Å². The van der Waals surface area contributed by atoms with E-state index in [1.54, 1.807) is 6.07 Å². The monoisotopic (exact) mass is 264 g/mol. The van der Waals surface area contributed by atoms with Crippen LogP contribution in [-0.2, 0) is 6.54 Å². The Morgan fingerprint density at radius 1 is 1.32 bits per heavy atom. The van der Waals surface area contributed by atoms with Gasteiger partial charge in [0.25, 0.3) is 0 Å². The summed E-state index contributed by atoms with van der Waals surface area (Å²) >= 11 is 0. The summed E-state index contributed by atoms with van der Waals surface area (Å²) in [6, 6.07) is 4.57. The van der Waals surface area contributed by atoms with E-state index >= 15 is 0 Å². The van der Waals surface area contributed by atoms with Crippen molar-refractivity contribution in [2.75, 3.05) is 25.4 Å². The standard InChI is InChI=1S/C14H21FN4/c1-3-7-18(4-2)8-9-19-13-10-11(15)5-6-12(13)17-14(19)16/h5-6,10H,3-4,7-9H2,1-2H3,(H2,16,17). The molecule has 1 aromatic heterocycles. The molecule has 0 unspecified atom stereocenters. The summed E-state index contributed by atoms with van der Waals surface area (Å²) in [4.78, 5) is 6.61. The fourth-order valence-corrected chi connectivity index (χ4v) is 2.34. The molecule has 19 heavy (non-hydrogen) atoms. The molecule has 0 aliphatic heterocycles. The molecule has 0 fully saturated rings. The van der Waals surface area contributed by atoms with E-state index in [1.807, 2.05) is 4.57 Å². The van der Waals surface area contributed by atoms with Crippen LogP contribution >= 0.6 is 0 Å². The van der Waals surface area contributed by atoms with Gasteiger partial charge in [0, 0.05) is 13.1 Å². The molecule has 0 bridgehead atoms. The van der Waals surface area contributed by atoms with E-state index in [1.165, 1.54) is 12.1 Å². The van der Waals surface area contributed by atoms with Gasteiger partial charge in [-0.3, -0.25) is 0 Å². The number of rotatable bonds is 6. The van der Waals surface area contributed by atoms with Gasteiger partial charge >= 0.3 is 0 Å². The van der Waals surface area contributed by atoms with Crippen LogP contribution in [0.1, 0.15) is 20.3 Å². The summed E-state index contributed by atoms with van der Waals surface area (Å²) in [5.74, 6) is 0.197. The van der Waals surface area contributed by atoms with Gasteiger partial charge in [0.1, 0.15) is 5.82 Å². The molecular formula is C14H21FN4. The first-order chi connectivity index (χ1) is 9.15. The molecule has 4 nitrogen and oxygen atoms in total. The topological polar surface area (TPSA) is 47.1 Å². The molecule has 2 N–H and O–H groups in total. The SMILES string of the molecule is CCCN(CC)CCn1c(N)nc2ccc(F)cc21. The molecule has 2 aromatic rings. The number of nitrogens with two attached hydrogens (primary N) is 1. The third-order valence-corrected chi connectivity index (χ3v) is 3.37. The summed E-state index contributed by atoms with van der Waals surface area (Å²) in [7, 11) is 0. The van der Waals surface area contributed by atoms with Gasteiger partial charge in [0.2, 0.25) is 5.95 Å². The van der Waals surface area contributed by atoms with Crippen molar-refractivity contribution in [1.82, 2.24) is 14.5 Å². The van der Waals surface area contributed by atoms with Gasteiger partial charge in [-0.05, 0) is 37.7 Å². The summed E-state index contributed by atoms with van der Waals surface area (Å²) in [5.41, 5.74) is 7.43. The highest BCUT2D eigenvalue weighted by Gasteiger charge is 2.10. The molecule has 0 radical (unpaired) electrons. The Morgan fingerprint density at radius 2 is 2.11 bits per heavy atom. The van der Waals surface area contributed by atoms with Crippen molar-refractivity contribution in [1.29, 1.82) is 0 Å². The Morgan fingerprint density at radius 3 is 2.79 bits per heavy atom. The van der Waals surface area contributed by atoms with Crippen molar-refractivity contribution in [2.24, 2.45) is 0 Å². The Bertz CT molecular complexity index is 550. The second-order valence-corrected chi connectivity index (χ2v) is 4.69. The van der Waals surface area contributed by atoms with Gasteiger partial charge in [0.15, 0.2) is 0 Å². The van der Waals surface area contributed by atoms with Crippen molar-refractivity contribution in [3.05, 3.63) is 24.0 Å². The lowest BCUT2D eigenvalue weighted by molar-refractivity contribution is 0.278. The van der Waals surface area contributed by atoms with E-state index in [0.717, 1.165) is 43.6 Å². The molecule has 0 aliphatic carbocycles. The fourth-order valence-electron chi connectivity index (χ4n) is 2.34. The molecule has 0 saturated heterocycles. The third-order valence-electron chi connectivity index (χ3n) is 3.37. The maximum atomic E-state index is 13.3. The number of imidazole rings is 1. The third kappa shape index (κ3) is 3.04. The highest BCUT2D eigenvalue weighted by Crippen LogP contribution is 2.18. The van der Waals surface area contributed by atoms with Gasteiger partial charge in [-0.15, -0.1) is 0 Å². The van der Waals surface area contributed by atoms with Crippen molar-refractivity contribution in [3.8, 4) is 0 Å². The van der Waals surface area contributed by atoms with E-state index < -0.39 is 0 Å². The first-order valence-corrected chi connectivity index (χ1v) is 6.79. The van der Waals surface area contributed by atoms with Gasteiger partial charge in [0.05, 0.1) is 11.0 Å². The molecule has 0 amide bonds. The van der Waals surface area contributed by atoms with Crippen LogP contribution in [0.25, 0.3) is 11.0 Å². The zero-order valence-corrected chi connectivity index (χ0v) is 11.6. The van der Waals surface area contributed by atoms with E-state index in [4.69, 9.17) is 5.73 Å². The molecule has 2 rings (SSSR count). The lowest BCUT2D eigenvalue weighted by Gasteiger charge is -2.20. The number of benzene rings is 1. The van der Waals surface area contributed by atoms with Crippen LogP contribution in [0.2, 0.25) is 0 Å². The van der Waals surface area contributed by atoms with E-state index in [2.05, 4.69) is 23.7 Å². The fraction of sp³-hybridized carbons (Fsp3) is 0.500. The molecule has 0 spiro atoms. The van der Waals surface area contributed by atoms with Crippen LogP contribution in [0.5, 0.6) is 0 Å². The predicted octanol–water partition coefficient (Wildman–Crippen LogP) is 2.49. The number of likely N-dealkylation sites (N-methyl/N-ethyl adjacent to an activating group) is 1. The van der Waals surface area contributed by atoms with Crippen LogP contribution in [-0.4, -0.2) is 34.1 Å². The maximum absolute atomic E-state index is 13.3. The van der Waals surface area contributed by atoms with Gasteiger partial charge in [-0.1, -0.05) is 13.8 Å². The van der Waals surface area contributed by atoms with Crippen LogP contribution < -0.4 is 5.73 Å². The minimum atomic E-state index is -0.255. The zero-order valence-electron chi connectivity index (χ0n) is 11.6. The lowest BCUT2D eigenvalue weighted by Crippen LogP contribution is -2.28. The number of aromatic nitrogens is 2. The maximum Gasteiger partial charge on any atom is 0.201 e. The smallest absolute Gasteiger partial charge is 0.201 e. The number of hydrogen-bond donors (Lipinski definition) is 1. The summed E-state index contributed by atoms with van der Waals surface area (Å²) in [6.07, 6.45) is 1.13. The highest BCUT2D eigenvalue weighted by molar-refractivity contribution is 5.78. The number of anilines is 1. The van der Waals surface area contributed by atoms with Crippen molar-refractivity contribution >= 4 is 17.0 Å². The summed E-state index contributed by atoms with van der Waals surface area (Å²) < 4.78 is 15.2. The first-order valence-electron chi connectivity index (χ1n) is 6.79. The Labute approximate surface area is 113 Å². The van der Waals surface area contributed by atoms with Crippen LogP contribution in [0, 0.1) is 5.82 Å². The van der Waals surface area contributed by atoms with Gasteiger partial charge in [-0.25, -0.2) is 9.37 Å². The minimum Gasteiger partial charge on any atom is -0.369 e. The number of nitrogen functional groups attached to an aromatic ring is 1. The van der Waals surface area contributed by atoms with Crippen LogP contribution in [0.4, 0.5) is 10.3 Å². The molecule has 0 aliphatic rings. The minimum absolute atomic E-state index is 0.255. The average molecular weight is 264 g/mol. The summed E-state index contributed by atoms with van der Waals surface area (Å²) in [6.45, 7) is 8.02. The number of hydrogen-bond acceptors (Lipinski definition) is 3. The molecule has 1 heterocycles. The van der Waals surface area contributed by atoms with Gasteiger partial charge in [-0.2, -0.15) is 0 Å². The first kappa shape index (κ1) is 13.8. The average Bonchev–Trinajstić information content (AvgIpc) is 2.70. The quantitative estimate of drug-likeness (QED) is 0.872. The molecule has 0 atom stereocenters. The van der Waals surface area contributed by atoms with Gasteiger partial charge < -0.3 is 15.2 Å². The predicted molar refractivity (Wildman–Crippen MR) is 76.5 cm³/mol. The van der Waals surface area contributed by atoms with E-state index in [0.29, 0.717) is 5.95 Å². The number of nitrogens with zero attached hydrogens (tertiary/aromatic N) is 3. The van der Waals surface area contributed by atoms with E-state index in [9.17, 15) is 4.39 Å². The van der Waals surface area contributed by atoms with E-state index in [-0.39, 0.29) is 5.82 Å². The second-order valence-electron chi connectivity index (χ2n) is 4.69. The van der Waals surface area contributed by atoms with Crippen molar-refractivity contribution in [3.63, 3.8) is 0 Å². The second kappa shape index (κ2) is 6.02.